The van der Waals surface area contributed by atoms with Crippen molar-refractivity contribution >= 4 is 38.2 Å². The minimum Gasteiger partial charge on any atom is -0.313 e. The summed E-state index contributed by atoms with van der Waals surface area (Å²) in [5.41, 5.74) is 0. The van der Waals surface area contributed by atoms with Crippen LogP contribution in [0.25, 0.3) is 0 Å². The van der Waals surface area contributed by atoms with Crippen molar-refractivity contribution < 1.29 is 8.42 Å². The molecule has 0 aromatic heterocycles. The number of hydrogen-bond donors (Lipinski definition) is 1. The van der Waals surface area contributed by atoms with Crippen LogP contribution < -0.4 is 5.32 Å². The van der Waals surface area contributed by atoms with Crippen LogP contribution in [-0.2, 0) is 9.84 Å². The zero-order valence-electron chi connectivity index (χ0n) is 9.93. The van der Waals surface area contributed by atoms with Crippen LogP contribution in [0.2, 0.25) is 0 Å². The molecule has 1 N–H and O–H groups in total. The second-order valence-corrected chi connectivity index (χ2v) is 7.33. The molecule has 6 heteroatoms. The lowest BCUT2D eigenvalue weighted by Gasteiger charge is -2.23. The number of rotatable bonds is 3. The van der Waals surface area contributed by atoms with E-state index in [1.807, 2.05) is 0 Å². The third-order valence-electron chi connectivity index (χ3n) is 3.01. The summed E-state index contributed by atoms with van der Waals surface area (Å²) in [4.78, 5) is 0.410. The van der Waals surface area contributed by atoms with Crippen LogP contribution in [0.4, 0.5) is 0 Å². The van der Waals surface area contributed by atoms with E-state index in [0.717, 1.165) is 30.3 Å². The van der Waals surface area contributed by atoms with Gasteiger partial charge in [0.1, 0.15) is 0 Å². The summed E-state index contributed by atoms with van der Waals surface area (Å²) in [6, 6.07) is 6.95. The molecule has 0 saturated carbocycles. The monoisotopic (exact) mass is 353 g/mol. The van der Waals surface area contributed by atoms with Crippen LogP contribution >= 0.6 is 28.3 Å². The molecule has 1 fully saturated rings. The van der Waals surface area contributed by atoms with E-state index in [0.29, 0.717) is 4.90 Å². The number of piperidine rings is 1. The first kappa shape index (κ1) is 16.0. The molecular formula is C12H17BrClNO2S. The summed E-state index contributed by atoms with van der Waals surface area (Å²) in [6.45, 7) is 0.931. The Balaban J connectivity index is 0.00000162. The van der Waals surface area contributed by atoms with Crippen molar-refractivity contribution in [1.82, 2.24) is 5.32 Å². The molecule has 1 heterocycles. The van der Waals surface area contributed by atoms with Crippen LogP contribution in [-0.4, -0.2) is 26.8 Å². The minimum absolute atomic E-state index is 0. The van der Waals surface area contributed by atoms with Crippen molar-refractivity contribution in [3.8, 4) is 0 Å². The van der Waals surface area contributed by atoms with Crippen LogP contribution in [0.15, 0.2) is 33.6 Å². The van der Waals surface area contributed by atoms with Gasteiger partial charge in [0.05, 0.1) is 10.6 Å². The first-order valence-electron chi connectivity index (χ1n) is 5.80. The van der Waals surface area contributed by atoms with Crippen LogP contribution in [0, 0.1) is 0 Å². The molecule has 3 nitrogen and oxygen atoms in total. The lowest BCUT2D eigenvalue weighted by Crippen LogP contribution is -2.39. The zero-order chi connectivity index (χ0) is 12.3. The molecule has 102 valence electrons. The van der Waals surface area contributed by atoms with Gasteiger partial charge in [0.25, 0.3) is 0 Å². The summed E-state index contributed by atoms with van der Waals surface area (Å²) >= 11 is 3.30. The van der Waals surface area contributed by atoms with E-state index in [4.69, 9.17) is 0 Å². The van der Waals surface area contributed by atoms with Gasteiger partial charge < -0.3 is 5.32 Å². The van der Waals surface area contributed by atoms with Gasteiger partial charge >= 0.3 is 0 Å². The third-order valence-corrected chi connectivity index (χ3v) is 5.37. The Labute approximate surface area is 123 Å². The average molecular weight is 355 g/mol. The smallest absolute Gasteiger partial charge is 0.179 e. The van der Waals surface area contributed by atoms with Crippen molar-refractivity contribution in [3.63, 3.8) is 0 Å². The van der Waals surface area contributed by atoms with Gasteiger partial charge in [-0.05, 0) is 43.7 Å². The van der Waals surface area contributed by atoms with Crippen molar-refractivity contribution in [3.05, 3.63) is 28.7 Å². The van der Waals surface area contributed by atoms with Gasteiger partial charge in [-0.3, -0.25) is 0 Å². The van der Waals surface area contributed by atoms with Gasteiger partial charge in [-0.1, -0.05) is 22.4 Å². The standard InChI is InChI=1S/C12H16BrNO2S.ClH/c13-10-4-6-12(7-5-10)17(15,16)9-11-3-1-2-8-14-11;/h4-7,11,14H,1-3,8-9H2;1H. The van der Waals surface area contributed by atoms with Crippen molar-refractivity contribution in [1.29, 1.82) is 0 Å². The Hall–Kier alpha value is -0.100. The molecule has 0 amide bonds. The highest BCUT2D eigenvalue weighted by Gasteiger charge is 2.22. The highest BCUT2D eigenvalue weighted by molar-refractivity contribution is 9.10. The predicted molar refractivity (Wildman–Crippen MR) is 79.1 cm³/mol. The van der Waals surface area contributed by atoms with Gasteiger partial charge in [-0.2, -0.15) is 0 Å². The zero-order valence-corrected chi connectivity index (χ0v) is 13.2. The van der Waals surface area contributed by atoms with Crippen molar-refractivity contribution in [2.24, 2.45) is 0 Å². The van der Waals surface area contributed by atoms with E-state index >= 15 is 0 Å². The fourth-order valence-electron chi connectivity index (χ4n) is 2.07. The molecule has 0 aliphatic carbocycles. The topological polar surface area (TPSA) is 46.2 Å². The number of sulfone groups is 1. The normalized spacial score (nSPS) is 20.2. The molecule has 18 heavy (non-hydrogen) atoms. The first-order valence-corrected chi connectivity index (χ1v) is 8.24. The maximum absolute atomic E-state index is 12.2. The highest BCUT2D eigenvalue weighted by atomic mass is 79.9. The Bertz CT molecular complexity index is 469. The molecule has 1 aromatic rings. The van der Waals surface area contributed by atoms with Gasteiger partial charge in [0.15, 0.2) is 9.84 Å². The van der Waals surface area contributed by atoms with E-state index in [1.54, 1.807) is 24.3 Å². The molecule has 1 aliphatic rings. The number of halogens is 2. The van der Waals surface area contributed by atoms with E-state index in [-0.39, 0.29) is 24.2 Å². The third kappa shape index (κ3) is 4.23. The molecule has 1 aromatic carbocycles. The Morgan fingerprint density at radius 3 is 2.44 bits per heavy atom. The van der Waals surface area contributed by atoms with Crippen LogP contribution in [0.3, 0.4) is 0 Å². The lowest BCUT2D eigenvalue weighted by molar-refractivity contribution is 0.423. The summed E-state index contributed by atoms with van der Waals surface area (Å²) < 4.78 is 25.2. The Morgan fingerprint density at radius 2 is 1.89 bits per heavy atom. The molecule has 1 unspecified atom stereocenters. The quantitative estimate of drug-likeness (QED) is 0.908. The summed E-state index contributed by atoms with van der Waals surface area (Å²) in [5, 5.41) is 3.27. The molecule has 0 bridgehead atoms. The van der Waals surface area contributed by atoms with Gasteiger partial charge in [0.2, 0.25) is 0 Å². The molecule has 2 rings (SSSR count). The van der Waals surface area contributed by atoms with Crippen molar-refractivity contribution in [2.45, 2.75) is 30.2 Å². The highest BCUT2D eigenvalue weighted by Crippen LogP contribution is 2.18. The largest absolute Gasteiger partial charge is 0.313 e. The number of benzene rings is 1. The molecular weight excluding hydrogens is 338 g/mol. The molecule has 1 atom stereocenters. The maximum Gasteiger partial charge on any atom is 0.179 e. The summed E-state index contributed by atoms with van der Waals surface area (Å²) in [5.74, 6) is 0.203. The van der Waals surface area contributed by atoms with Gasteiger partial charge in [0, 0.05) is 10.5 Å². The number of nitrogens with one attached hydrogen (secondary N) is 1. The Kier molecular flexibility index (Phi) is 6.11. The molecule has 0 spiro atoms. The van der Waals surface area contributed by atoms with Crippen LogP contribution in [0.5, 0.6) is 0 Å². The second-order valence-electron chi connectivity index (χ2n) is 4.38. The second kappa shape index (κ2) is 6.89. The Morgan fingerprint density at radius 1 is 1.22 bits per heavy atom. The fourth-order valence-corrected chi connectivity index (χ4v) is 3.89. The maximum atomic E-state index is 12.2. The molecule has 1 saturated heterocycles. The van der Waals surface area contributed by atoms with Gasteiger partial charge in [-0.25, -0.2) is 8.42 Å². The average Bonchev–Trinajstić information content (AvgIpc) is 2.30. The molecule has 0 radical (unpaired) electrons. The summed E-state index contributed by atoms with van der Waals surface area (Å²) in [7, 11) is -3.16. The van der Waals surface area contributed by atoms with E-state index < -0.39 is 9.84 Å². The SMILES string of the molecule is Cl.O=S(=O)(CC1CCCCN1)c1ccc(Br)cc1. The molecule has 1 aliphatic heterocycles. The number of hydrogen-bond acceptors (Lipinski definition) is 3. The lowest BCUT2D eigenvalue weighted by atomic mass is 10.1. The first-order chi connectivity index (χ1) is 8.08. The van der Waals surface area contributed by atoms with Crippen molar-refractivity contribution in [2.75, 3.05) is 12.3 Å². The minimum atomic E-state index is -3.16. The van der Waals surface area contributed by atoms with Gasteiger partial charge in [-0.15, -0.1) is 12.4 Å². The van der Waals surface area contributed by atoms with E-state index in [2.05, 4.69) is 21.2 Å². The van der Waals surface area contributed by atoms with Crippen LogP contribution in [0.1, 0.15) is 19.3 Å². The van der Waals surface area contributed by atoms with E-state index in [1.165, 1.54) is 0 Å². The summed E-state index contributed by atoms with van der Waals surface area (Å²) in [6.07, 6.45) is 3.22. The van der Waals surface area contributed by atoms with E-state index in [9.17, 15) is 8.42 Å². The predicted octanol–water partition coefficient (Wildman–Crippen LogP) is 2.79. The fraction of sp³-hybridized carbons (Fsp3) is 0.500.